The van der Waals surface area contributed by atoms with Gasteiger partial charge in [-0.3, -0.25) is 0 Å². The maximum absolute atomic E-state index is 4.33. The van der Waals surface area contributed by atoms with E-state index in [4.69, 9.17) is 0 Å². The zero-order chi connectivity index (χ0) is 11.0. The van der Waals surface area contributed by atoms with Crippen molar-refractivity contribution >= 4 is 5.52 Å². The van der Waals surface area contributed by atoms with Gasteiger partial charge in [0.15, 0.2) is 0 Å². The molecule has 3 heteroatoms. The molecule has 2 aromatic heterocycles. The number of hydrogen-bond donors (Lipinski definition) is 1. The van der Waals surface area contributed by atoms with Crippen molar-refractivity contribution in [2.45, 2.75) is 25.7 Å². The third kappa shape index (κ3) is 1.61. The fourth-order valence-electron chi connectivity index (χ4n) is 2.51. The molecule has 3 nitrogen and oxygen atoms in total. The van der Waals surface area contributed by atoms with Crippen LogP contribution in [0.3, 0.4) is 0 Å². The van der Waals surface area contributed by atoms with Gasteiger partial charge in [0.2, 0.25) is 0 Å². The number of fused-ring (bicyclic) bond motifs is 1. The van der Waals surface area contributed by atoms with E-state index in [2.05, 4.69) is 40.0 Å². The van der Waals surface area contributed by atoms with E-state index in [-0.39, 0.29) is 0 Å². The molecule has 84 valence electrons. The van der Waals surface area contributed by atoms with Gasteiger partial charge in [0.25, 0.3) is 0 Å². The van der Waals surface area contributed by atoms with Crippen molar-refractivity contribution in [1.82, 2.24) is 14.7 Å². The van der Waals surface area contributed by atoms with Crippen LogP contribution in [0.25, 0.3) is 5.52 Å². The SMILES string of the molecule is Cc1ncc2ccc(C3CCCNC3)cn12. The van der Waals surface area contributed by atoms with Crippen LogP contribution >= 0.6 is 0 Å². The lowest BCUT2D eigenvalue weighted by Gasteiger charge is -2.23. The van der Waals surface area contributed by atoms with Crippen LogP contribution in [-0.2, 0) is 0 Å². The Labute approximate surface area is 95.5 Å². The molecule has 1 fully saturated rings. The summed E-state index contributed by atoms with van der Waals surface area (Å²) in [4.78, 5) is 4.33. The van der Waals surface area contributed by atoms with Gasteiger partial charge in [-0.25, -0.2) is 4.98 Å². The Bertz CT molecular complexity index is 495. The summed E-state index contributed by atoms with van der Waals surface area (Å²) in [6, 6.07) is 4.41. The Morgan fingerprint density at radius 3 is 3.19 bits per heavy atom. The van der Waals surface area contributed by atoms with Gasteiger partial charge in [-0.15, -0.1) is 0 Å². The Morgan fingerprint density at radius 2 is 2.38 bits per heavy atom. The molecule has 3 rings (SSSR count). The highest BCUT2D eigenvalue weighted by atomic mass is 15.0. The predicted molar refractivity (Wildman–Crippen MR) is 64.8 cm³/mol. The summed E-state index contributed by atoms with van der Waals surface area (Å²) in [6.07, 6.45) is 6.76. The third-order valence-electron chi connectivity index (χ3n) is 3.50. The van der Waals surface area contributed by atoms with Crippen LogP contribution in [0.4, 0.5) is 0 Å². The molecule has 0 spiro atoms. The van der Waals surface area contributed by atoms with E-state index in [0.29, 0.717) is 5.92 Å². The van der Waals surface area contributed by atoms with Gasteiger partial charge in [0.1, 0.15) is 5.82 Å². The Morgan fingerprint density at radius 1 is 1.44 bits per heavy atom. The lowest BCUT2D eigenvalue weighted by molar-refractivity contribution is 0.460. The maximum Gasteiger partial charge on any atom is 0.110 e. The Balaban J connectivity index is 1.99. The van der Waals surface area contributed by atoms with E-state index >= 15 is 0 Å². The van der Waals surface area contributed by atoms with Crippen LogP contribution in [-0.4, -0.2) is 22.5 Å². The molecule has 0 bridgehead atoms. The summed E-state index contributed by atoms with van der Waals surface area (Å²) in [6.45, 7) is 4.33. The van der Waals surface area contributed by atoms with Crippen molar-refractivity contribution in [2.75, 3.05) is 13.1 Å². The summed E-state index contributed by atoms with van der Waals surface area (Å²) in [5.41, 5.74) is 2.62. The fraction of sp³-hybridized carbons (Fsp3) is 0.462. The first-order chi connectivity index (χ1) is 7.84. The van der Waals surface area contributed by atoms with Crippen molar-refractivity contribution < 1.29 is 0 Å². The molecule has 0 aliphatic carbocycles. The van der Waals surface area contributed by atoms with Gasteiger partial charge in [-0.2, -0.15) is 0 Å². The van der Waals surface area contributed by atoms with E-state index in [9.17, 15) is 0 Å². The average molecular weight is 215 g/mol. The standard InChI is InChI=1S/C13H17N3/c1-10-15-8-13-5-4-12(9-16(10)13)11-3-2-6-14-7-11/h4-5,8-9,11,14H,2-3,6-7H2,1H3. The largest absolute Gasteiger partial charge is 0.316 e. The molecular formula is C13H17N3. The van der Waals surface area contributed by atoms with E-state index < -0.39 is 0 Å². The molecule has 1 saturated heterocycles. The number of nitrogens with zero attached hydrogens (tertiary/aromatic N) is 2. The molecule has 0 amide bonds. The highest BCUT2D eigenvalue weighted by Crippen LogP contribution is 2.23. The molecule has 2 aromatic rings. The number of aryl methyl sites for hydroxylation is 1. The van der Waals surface area contributed by atoms with E-state index in [0.717, 1.165) is 12.4 Å². The zero-order valence-electron chi connectivity index (χ0n) is 9.61. The second kappa shape index (κ2) is 3.91. The van der Waals surface area contributed by atoms with Crippen molar-refractivity contribution in [3.63, 3.8) is 0 Å². The number of aromatic nitrogens is 2. The summed E-state index contributed by atoms with van der Waals surface area (Å²) in [5.74, 6) is 1.74. The van der Waals surface area contributed by atoms with E-state index in [1.165, 1.54) is 30.5 Å². The molecule has 1 aliphatic heterocycles. The molecule has 1 N–H and O–H groups in total. The first kappa shape index (κ1) is 9.85. The fourth-order valence-corrected chi connectivity index (χ4v) is 2.51. The number of nitrogens with one attached hydrogen (secondary N) is 1. The zero-order valence-corrected chi connectivity index (χ0v) is 9.61. The molecule has 1 unspecified atom stereocenters. The lowest BCUT2D eigenvalue weighted by atomic mass is 9.93. The molecule has 0 aromatic carbocycles. The van der Waals surface area contributed by atoms with Gasteiger partial charge in [-0.05, 0) is 43.9 Å². The minimum absolute atomic E-state index is 0.667. The van der Waals surface area contributed by atoms with Gasteiger partial charge >= 0.3 is 0 Å². The highest BCUT2D eigenvalue weighted by Gasteiger charge is 2.15. The minimum atomic E-state index is 0.667. The quantitative estimate of drug-likeness (QED) is 0.789. The highest BCUT2D eigenvalue weighted by molar-refractivity contribution is 5.47. The summed E-state index contributed by atoms with van der Waals surface area (Å²) >= 11 is 0. The van der Waals surface area contributed by atoms with Crippen LogP contribution in [0.15, 0.2) is 24.5 Å². The van der Waals surface area contributed by atoms with Crippen molar-refractivity contribution in [1.29, 1.82) is 0 Å². The van der Waals surface area contributed by atoms with E-state index in [1.807, 2.05) is 6.20 Å². The van der Waals surface area contributed by atoms with Crippen molar-refractivity contribution in [3.8, 4) is 0 Å². The molecule has 1 atom stereocenters. The number of pyridine rings is 1. The van der Waals surface area contributed by atoms with Crippen LogP contribution < -0.4 is 5.32 Å². The smallest absolute Gasteiger partial charge is 0.110 e. The molecule has 16 heavy (non-hydrogen) atoms. The van der Waals surface area contributed by atoms with Crippen molar-refractivity contribution in [2.24, 2.45) is 0 Å². The summed E-state index contributed by atoms with van der Waals surface area (Å²) < 4.78 is 2.18. The monoisotopic (exact) mass is 215 g/mol. The minimum Gasteiger partial charge on any atom is -0.316 e. The van der Waals surface area contributed by atoms with Crippen LogP contribution in [0.2, 0.25) is 0 Å². The van der Waals surface area contributed by atoms with Crippen molar-refractivity contribution in [3.05, 3.63) is 35.9 Å². The van der Waals surface area contributed by atoms with Gasteiger partial charge in [0, 0.05) is 12.7 Å². The van der Waals surface area contributed by atoms with E-state index in [1.54, 1.807) is 0 Å². The van der Waals surface area contributed by atoms with Crippen LogP contribution in [0.1, 0.15) is 30.1 Å². The summed E-state index contributed by atoms with van der Waals surface area (Å²) in [7, 11) is 0. The molecule has 0 radical (unpaired) electrons. The number of piperidine rings is 1. The van der Waals surface area contributed by atoms with Gasteiger partial charge < -0.3 is 9.72 Å². The van der Waals surface area contributed by atoms with Crippen LogP contribution in [0, 0.1) is 6.92 Å². The first-order valence-electron chi connectivity index (χ1n) is 5.99. The molecular weight excluding hydrogens is 198 g/mol. The lowest BCUT2D eigenvalue weighted by Crippen LogP contribution is -2.28. The third-order valence-corrected chi connectivity index (χ3v) is 3.50. The molecule has 0 saturated carbocycles. The first-order valence-corrected chi connectivity index (χ1v) is 5.99. The summed E-state index contributed by atoms with van der Waals surface area (Å²) in [5, 5.41) is 3.46. The van der Waals surface area contributed by atoms with Gasteiger partial charge in [0.05, 0.1) is 11.7 Å². The second-order valence-corrected chi connectivity index (χ2v) is 4.61. The number of rotatable bonds is 1. The Hall–Kier alpha value is -1.35. The number of hydrogen-bond acceptors (Lipinski definition) is 2. The topological polar surface area (TPSA) is 29.3 Å². The molecule has 1 aliphatic rings. The van der Waals surface area contributed by atoms with Crippen LogP contribution in [0.5, 0.6) is 0 Å². The maximum atomic E-state index is 4.33. The predicted octanol–water partition coefficient (Wildman–Crippen LogP) is 2.11. The normalized spacial score (nSPS) is 21.4. The van der Waals surface area contributed by atoms with Gasteiger partial charge in [-0.1, -0.05) is 6.07 Å². The average Bonchev–Trinajstić information content (AvgIpc) is 2.72. The second-order valence-electron chi connectivity index (χ2n) is 4.61. The molecule has 3 heterocycles. The number of imidazole rings is 1. The Kier molecular flexibility index (Phi) is 2.40.